The van der Waals surface area contributed by atoms with Gasteiger partial charge in [-0.05, 0) is 48.0 Å². The first-order chi connectivity index (χ1) is 7.15. The Kier molecular flexibility index (Phi) is 2.82. The molecule has 0 bridgehead atoms. The molecule has 1 aromatic heterocycles. The Bertz CT molecular complexity index is 474. The van der Waals surface area contributed by atoms with E-state index >= 15 is 0 Å². The molecule has 0 aliphatic heterocycles. The molecular weight excluding hydrogens is 252 g/mol. The lowest BCUT2D eigenvalue weighted by Crippen LogP contribution is -1.87. The zero-order valence-electron chi connectivity index (χ0n) is 8.66. The van der Waals surface area contributed by atoms with E-state index in [-0.39, 0.29) is 0 Å². The van der Waals surface area contributed by atoms with Gasteiger partial charge in [0.15, 0.2) is 0 Å². The average molecular weight is 263 g/mol. The normalized spacial score (nSPS) is 10.3. The summed E-state index contributed by atoms with van der Waals surface area (Å²) in [6, 6.07) is 8.33. The van der Waals surface area contributed by atoms with E-state index in [4.69, 9.17) is 0 Å². The van der Waals surface area contributed by atoms with Crippen LogP contribution in [0, 0.1) is 13.8 Å². The van der Waals surface area contributed by atoms with Crippen molar-refractivity contribution >= 4 is 15.9 Å². The second kappa shape index (κ2) is 4.11. The van der Waals surface area contributed by atoms with Crippen LogP contribution in [0.2, 0.25) is 0 Å². The number of benzene rings is 1. The molecule has 2 rings (SSSR count). The molecule has 0 fully saturated rings. The van der Waals surface area contributed by atoms with Crippen molar-refractivity contribution in [3.05, 3.63) is 46.3 Å². The number of aryl methyl sites for hydroxylation is 2. The summed E-state index contributed by atoms with van der Waals surface area (Å²) in [6.45, 7) is 4.18. The highest BCUT2D eigenvalue weighted by Gasteiger charge is 2.01. The molecule has 0 N–H and O–H groups in total. The van der Waals surface area contributed by atoms with Crippen LogP contribution in [-0.4, -0.2) is 9.97 Å². The van der Waals surface area contributed by atoms with Gasteiger partial charge in [0.05, 0.1) is 5.69 Å². The maximum atomic E-state index is 4.25. The first-order valence-corrected chi connectivity index (χ1v) is 5.50. The van der Waals surface area contributed by atoms with Crippen molar-refractivity contribution in [3.8, 4) is 11.3 Å². The zero-order chi connectivity index (χ0) is 10.8. The minimum Gasteiger partial charge on any atom is -0.236 e. The van der Waals surface area contributed by atoms with Gasteiger partial charge in [-0.15, -0.1) is 0 Å². The lowest BCUT2D eigenvalue weighted by molar-refractivity contribution is 1.14. The number of halogens is 1. The van der Waals surface area contributed by atoms with Crippen molar-refractivity contribution < 1.29 is 0 Å². The van der Waals surface area contributed by atoms with E-state index in [1.807, 2.05) is 6.07 Å². The van der Waals surface area contributed by atoms with Crippen LogP contribution in [0.25, 0.3) is 11.3 Å². The third-order valence-corrected chi connectivity index (χ3v) is 2.58. The summed E-state index contributed by atoms with van der Waals surface area (Å²) in [5.74, 6) is 0. The molecule has 0 radical (unpaired) electrons. The third-order valence-electron chi connectivity index (χ3n) is 2.15. The number of nitrogens with zero attached hydrogens (tertiary/aromatic N) is 2. The van der Waals surface area contributed by atoms with Crippen molar-refractivity contribution in [2.24, 2.45) is 0 Å². The van der Waals surface area contributed by atoms with Gasteiger partial charge in [0.25, 0.3) is 0 Å². The summed E-state index contributed by atoms with van der Waals surface area (Å²) in [6.07, 6.45) is 1.57. The summed E-state index contributed by atoms with van der Waals surface area (Å²) >= 11 is 3.35. The smallest absolute Gasteiger partial charge is 0.117 e. The lowest BCUT2D eigenvalue weighted by Gasteiger charge is -2.04. The molecule has 0 saturated heterocycles. The highest BCUT2D eigenvalue weighted by Crippen LogP contribution is 2.21. The topological polar surface area (TPSA) is 25.8 Å². The first kappa shape index (κ1) is 10.3. The van der Waals surface area contributed by atoms with E-state index in [1.165, 1.54) is 11.1 Å². The van der Waals surface area contributed by atoms with Crippen LogP contribution in [0.5, 0.6) is 0 Å². The fraction of sp³-hybridized carbons (Fsp3) is 0.167. The van der Waals surface area contributed by atoms with Crippen LogP contribution in [0.3, 0.4) is 0 Å². The van der Waals surface area contributed by atoms with Gasteiger partial charge in [0.1, 0.15) is 10.9 Å². The SMILES string of the molecule is Cc1cc(C)cc(-c2cc(Br)ncn2)c1. The molecule has 1 aromatic carbocycles. The van der Waals surface area contributed by atoms with Crippen molar-refractivity contribution in [1.82, 2.24) is 9.97 Å². The molecule has 0 amide bonds. The minimum absolute atomic E-state index is 0.812. The molecule has 0 aliphatic carbocycles. The monoisotopic (exact) mass is 262 g/mol. The standard InChI is InChI=1S/C12H11BrN2/c1-8-3-9(2)5-10(4-8)11-6-12(13)15-7-14-11/h3-7H,1-2H3. The van der Waals surface area contributed by atoms with Crippen molar-refractivity contribution in [3.63, 3.8) is 0 Å². The minimum atomic E-state index is 0.812. The fourth-order valence-corrected chi connectivity index (χ4v) is 1.92. The van der Waals surface area contributed by atoms with Crippen LogP contribution in [0.1, 0.15) is 11.1 Å². The van der Waals surface area contributed by atoms with Gasteiger partial charge in [0, 0.05) is 5.56 Å². The molecule has 15 heavy (non-hydrogen) atoms. The molecule has 2 aromatic rings. The molecule has 76 valence electrons. The predicted octanol–water partition coefficient (Wildman–Crippen LogP) is 3.52. The van der Waals surface area contributed by atoms with Gasteiger partial charge < -0.3 is 0 Å². The summed E-state index contributed by atoms with van der Waals surface area (Å²) < 4.78 is 0.812. The maximum absolute atomic E-state index is 4.25. The average Bonchev–Trinajstić information content (AvgIpc) is 2.16. The van der Waals surface area contributed by atoms with Crippen LogP contribution in [0.15, 0.2) is 35.2 Å². The number of rotatable bonds is 1. The van der Waals surface area contributed by atoms with Crippen LogP contribution < -0.4 is 0 Å². The van der Waals surface area contributed by atoms with Gasteiger partial charge in [-0.25, -0.2) is 9.97 Å². The second-order valence-corrected chi connectivity index (χ2v) is 4.41. The largest absolute Gasteiger partial charge is 0.236 e. The summed E-state index contributed by atoms with van der Waals surface area (Å²) in [4.78, 5) is 8.27. The van der Waals surface area contributed by atoms with E-state index in [9.17, 15) is 0 Å². The summed E-state index contributed by atoms with van der Waals surface area (Å²) in [5, 5.41) is 0. The molecule has 3 heteroatoms. The van der Waals surface area contributed by atoms with Crippen molar-refractivity contribution in [2.45, 2.75) is 13.8 Å². The Morgan fingerprint density at radius 3 is 2.20 bits per heavy atom. The zero-order valence-corrected chi connectivity index (χ0v) is 10.2. The highest BCUT2D eigenvalue weighted by molar-refractivity contribution is 9.10. The third kappa shape index (κ3) is 2.42. The van der Waals surface area contributed by atoms with Crippen molar-refractivity contribution in [2.75, 3.05) is 0 Å². The molecule has 1 heterocycles. The molecule has 0 spiro atoms. The predicted molar refractivity (Wildman–Crippen MR) is 64.6 cm³/mol. The summed E-state index contributed by atoms with van der Waals surface area (Å²) in [7, 11) is 0. The quantitative estimate of drug-likeness (QED) is 0.735. The van der Waals surface area contributed by atoms with Gasteiger partial charge in [-0.1, -0.05) is 17.2 Å². The maximum Gasteiger partial charge on any atom is 0.117 e. The Morgan fingerprint density at radius 1 is 0.933 bits per heavy atom. The van der Waals surface area contributed by atoms with Crippen LogP contribution in [0.4, 0.5) is 0 Å². The molecule has 2 nitrogen and oxygen atoms in total. The van der Waals surface area contributed by atoms with Crippen LogP contribution >= 0.6 is 15.9 Å². The summed E-state index contributed by atoms with van der Waals surface area (Å²) in [5.41, 5.74) is 4.58. The van der Waals surface area contributed by atoms with E-state index in [2.05, 4.69) is 57.9 Å². The van der Waals surface area contributed by atoms with E-state index in [0.29, 0.717) is 0 Å². The molecular formula is C12H11BrN2. The first-order valence-electron chi connectivity index (χ1n) is 4.71. The Morgan fingerprint density at radius 2 is 1.60 bits per heavy atom. The van der Waals surface area contributed by atoms with E-state index in [1.54, 1.807) is 6.33 Å². The molecule has 0 saturated carbocycles. The van der Waals surface area contributed by atoms with Gasteiger partial charge >= 0.3 is 0 Å². The van der Waals surface area contributed by atoms with E-state index in [0.717, 1.165) is 15.9 Å². The van der Waals surface area contributed by atoms with Crippen LogP contribution in [-0.2, 0) is 0 Å². The van der Waals surface area contributed by atoms with Gasteiger partial charge in [-0.3, -0.25) is 0 Å². The lowest BCUT2D eigenvalue weighted by atomic mass is 10.1. The fourth-order valence-electron chi connectivity index (χ4n) is 1.61. The second-order valence-electron chi connectivity index (χ2n) is 3.60. The van der Waals surface area contributed by atoms with E-state index < -0.39 is 0 Å². The number of hydrogen-bond donors (Lipinski definition) is 0. The molecule has 0 unspecified atom stereocenters. The Labute approximate surface area is 97.5 Å². The number of aromatic nitrogens is 2. The number of hydrogen-bond acceptors (Lipinski definition) is 2. The van der Waals surface area contributed by atoms with Crippen molar-refractivity contribution in [1.29, 1.82) is 0 Å². The van der Waals surface area contributed by atoms with Gasteiger partial charge in [0.2, 0.25) is 0 Å². The Balaban J connectivity index is 2.54. The Hall–Kier alpha value is -1.22. The highest BCUT2D eigenvalue weighted by atomic mass is 79.9. The van der Waals surface area contributed by atoms with Gasteiger partial charge in [-0.2, -0.15) is 0 Å². The molecule has 0 aliphatic rings. The molecule has 0 atom stereocenters.